The van der Waals surface area contributed by atoms with Crippen LogP contribution in [0.25, 0.3) is 0 Å². The predicted octanol–water partition coefficient (Wildman–Crippen LogP) is 5.17. The summed E-state index contributed by atoms with van der Waals surface area (Å²) in [5, 5.41) is 0. The van der Waals surface area contributed by atoms with E-state index in [9.17, 15) is 9.59 Å². The highest BCUT2D eigenvalue weighted by atomic mass is 16.2. The van der Waals surface area contributed by atoms with Crippen LogP contribution >= 0.6 is 0 Å². The number of carbonyl (C=O) groups is 2. The van der Waals surface area contributed by atoms with Gasteiger partial charge in [-0.05, 0) is 37.8 Å². The molecule has 0 fully saturated rings. The highest BCUT2D eigenvalue weighted by Gasteiger charge is 2.19. The number of hydrogen-bond acceptors (Lipinski definition) is 3. The molecule has 0 aromatic carbocycles. The van der Waals surface area contributed by atoms with E-state index in [2.05, 4.69) is 32.7 Å². The first kappa shape index (κ1) is 24.1. The van der Waals surface area contributed by atoms with Crippen molar-refractivity contribution in [3.8, 4) is 0 Å². The van der Waals surface area contributed by atoms with Gasteiger partial charge in [0.25, 0.3) is 11.8 Å². The fourth-order valence-corrected chi connectivity index (χ4v) is 3.02. The quantitative estimate of drug-likeness (QED) is 0.441. The van der Waals surface area contributed by atoms with Crippen molar-refractivity contribution in [2.45, 2.75) is 79.1 Å². The second kappa shape index (κ2) is 14.1. The first-order valence-corrected chi connectivity index (χ1v) is 11.1. The van der Waals surface area contributed by atoms with E-state index in [0.717, 1.165) is 77.5 Å². The fraction of sp³-hybridized carbons (Fsp3) is 0.696. The molecule has 5 heteroatoms. The van der Waals surface area contributed by atoms with Crippen LogP contribution < -0.4 is 0 Å². The minimum Gasteiger partial charge on any atom is -0.339 e. The molecule has 0 spiro atoms. The molecule has 28 heavy (non-hydrogen) atoms. The molecule has 0 saturated carbocycles. The Labute approximate surface area is 171 Å². The molecule has 0 aliphatic carbocycles. The Bertz CT molecular complexity index is 505. The molecule has 0 saturated heterocycles. The molecule has 2 amide bonds. The maximum atomic E-state index is 12.8. The molecule has 0 N–H and O–H groups in total. The number of rotatable bonds is 14. The summed E-state index contributed by atoms with van der Waals surface area (Å²) in [6, 6.07) is 3.46. The summed E-state index contributed by atoms with van der Waals surface area (Å²) < 4.78 is 0. The van der Waals surface area contributed by atoms with Gasteiger partial charge >= 0.3 is 0 Å². The average Bonchev–Trinajstić information content (AvgIpc) is 2.73. The lowest BCUT2D eigenvalue weighted by Crippen LogP contribution is -2.34. The van der Waals surface area contributed by atoms with E-state index in [1.165, 1.54) is 0 Å². The Morgan fingerprint density at radius 1 is 0.714 bits per heavy atom. The van der Waals surface area contributed by atoms with Gasteiger partial charge in [0.2, 0.25) is 0 Å². The molecule has 158 valence electrons. The number of aromatic nitrogens is 1. The second-order valence-corrected chi connectivity index (χ2v) is 7.43. The minimum atomic E-state index is -0.0327. The lowest BCUT2D eigenvalue weighted by atomic mass is 10.2. The van der Waals surface area contributed by atoms with Crippen molar-refractivity contribution in [2.24, 2.45) is 0 Å². The maximum Gasteiger partial charge on any atom is 0.272 e. The van der Waals surface area contributed by atoms with E-state index in [1.54, 1.807) is 18.3 Å². The highest BCUT2D eigenvalue weighted by molar-refractivity contribution is 5.96. The van der Waals surface area contributed by atoms with Crippen molar-refractivity contribution < 1.29 is 9.59 Å². The predicted molar refractivity (Wildman–Crippen MR) is 116 cm³/mol. The third-order valence-corrected chi connectivity index (χ3v) is 4.93. The van der Waals surface area contributed by atoms with Gasteiger partial charge in [-0.1, -0.05) is 53.4 Å². The Morgan fingerprint density at radius 2 is 1.14 bits per heavy atom. The summed E-state index contributed by atoms with van der Waals surface area (Å²) in [7, 11) is 0. The molecule has 0 radical (unpaired) electrons. The van der Waals surface area contributed by atoms with Gasteiger partial charge in [0.15, 0.2) is 0 Å². The maximum absolute atomic E-state index is 12.8. The summed E-state index contributed by atoms with van der Waals surface area (Å²) >= 11 is 0. The molecular weight excluding hydrogens is 350 g/mol. The zero-order valence-electron chi connectivity index (χ0n) is 18.4. The Hall–Kier alpha value is -1.91. The Morgan fingerprint density at radius 3 is 1.50 bits per heavy atom. The Balaban J connectivity index is 2.85. The van der Waals surface area contributed by atoms with Crippen molar-refractivity contribution in [1.82, 2.24) is 14.8 Å². The average molecular weight is 390 g/mol. The van der Waals surface area contributed by atoms with Gasteiger partial charge in [-0.3, -0.25) is 14.6 Å². The summed E-state index contributed by atoms with van der Waals surface area (Å²) in [5.41, 5.74) is 0.995. The van der Waals surface area contributed by atoms with Crippen LogP contribution in [0.3, 0.4) is 0 Å². The standard InChI is InChI=1S/C23H39N3O2/c1-5-9-15-25(16-10-6-2)22(27)20-13-14-21(24-19-20)23(28)26(17-11-7-3)18-12-8-4/h13-14,19H,5-12,15-18H2,1-4H3. The minimum absolute atomic E-state index is 0.0159. The third kappa shape index (κ3) is 7.99. The molecule has 1 aromatic rings. The van der Waals surface area contributed by atoms with Crippen LogP contribution in [-0.4, -0.2) is 52.8 Å². The fourth-order valence-electron chi connectivity index (χ4n) is 3.02. The van der Waals surface area contributed by atoms with Crippen molar-refractivity contribution in [1.29, 1.82) is 0 Å². The Kier molecular flexibility index (Phi) is 12.2. The number of nitrogens with zero attached hydrogens (tertiary/aromatic N) is 3. The first-order valence-electron chi connectivity index (χ1n) is 11.1. The van der Waals surface area contributed by atoms with Gasteiger partial charge < -0.3 is 9.80 Å². The van der Waals surface area contributed by atoms with Gasteiger partial charge in [-0.15, -0.1) is 0 Å². The highest BCUT2D eigenvalue weighted by Crippen LogP contribution is 2.11. The monoisotopic (exact) mass is 389 g/mol. The van der Waals surface area contributed by atoms with Gasteiger partial charge in [0, 0.05) is 32.4 Å². The molecule has 1 aromatic heterocycles. The smallest absolute Gasteiger partial charge is 0.272 e. The number of unbranched alkanes of at least 4 members (excludes halogenated alkanes) is 4. The third-order valence-electron chi connectivity index (χ3n) is 4.93. The van der Waals surface area contributed by atoms with E-state index in [-0.39, 0.29) is 11.8 Å². The summed E-state index contributed by atoms with van der Waals surface area (Å²) in [6.45, 7) is 11.6. The lowest BCUT2D eigenvalue weighted by molar-refractivity contribution is 0.0734. The second-order valence-electron chi connectivity index (χ2n) is 7.43. The molecule has 0 bridgehead atoms. The van der Waals surface area contributed by atoms with E-state index in [1.807, 2.05) is 9.80 Å². The summed E-state index contributed by atoms with van der Waals surface area (Å²) in [4.78, 5) is 33.8. The zero-order chi connectivity index (χ0) is 20.8. The van der Waals surface area contributed by atoms with E-state index < -0.39 is 0 Å². The number of hydrogen-bond donors (Lipinski definition) is 0. The van der Waals surface area contributed by atoms with Gasteiger partial charge in [-0.25, -0.2) is 0 Å². The summed E-state index contributed by atoms with van der Waals surface area (Å²) in [6.07, 6.45) is 9.81. The molecule has 0 atom stereocenters. The van der Waals surface area contributed by atoms with Gasteiger partial charge in [-0.2, -0.15) is 0 Å². The van der Waals surface area contributed by atoms with Crippen LogP contribution in [0.1, 0.15) is 99.9 Å². The van der Waals surface area contributed by atoms with Crippen LogP contribution in [0.5, 0.6) is 0 Å². The van der Waals surface area contributed by atoms with Gasteiger partial charge in [0.1, 0.15) is 5.69 Å². The zero-order valence-corrected chi connectivity index (χ0v) is 18.4. The van der Waals surface area contributed by atoms with Crippen LogP contribution in [0.2, 0.25) is 0 Å². The van der Waals surface area contributed by atoms with E-state index in [0.29, 0.717) is 11.3 Å². The molecule has 5 nitrogen and oxygen atoms in total. The molecule has 0 aliphatic heterocycles. The van der Waals surface area contributed by atoms with Crippen LogP contribution in [0, 0.1) is 0 Å². The molecule has 0 aliphatic rings. The SMILES string of the molecule is CCCCN(CCCC)C(=O)c1ccc(C(=O)N(CCCC)CCCC)nc1. The van der Waals surface area contributed by atoms with E-state index in [4.69, 9.17) is 0 Å². The molecule has 1 rings (SSSR count). The van der Waals surface area contributed by atoms with Crippen LogP contribution in [-0.2, 0) is 0 Å². The van der Waals surface area contributed by atoms with E-state index >= 15 is 0 Å². The number of pyridine rings is 1. The topological polar surface area (TPSA) is 53.5 Å². The lowest BCUT2D eigenvalue weighted by Gasteiger charge is -2.23. The number of carbonyl (C=O) groups excluding carboxylic acids is 2. The first-order chi connectivity index (χ1) is 13.6. The van der Waals surface area contributed by atoms with Crippen LogP contribution in [0.15, 0.2) is 18.3 Å². The van der Waals surface area contributed by atoms with Crippen molar-refractivity contribution in [2.75, 3.05) is 26.2 Å². The molecule has 1 heterocycles. The summed E-state index contributed by atoms with van der Waals surface area (Å²) in [5.74, 6) is -0.0167. The molecular formula is C23H39N3O2. The van der Waals surface area contributed by atoms with Crippen molar-refractivity contribution in [3.05, 3.63) is 29.6 Å². The van der Waals surface area contributed by atoms with Gasteiger partial charge in [0.05, 0.1) is 5.56 Å². The largest absolute Gasteiger partial charge is 0.339 e. The van der Waals surface area contributed by atoms with Crippen molar-refractivity contribution in [3.63, 3.8) is 0 Å². The van der Waals surface area contributed by atoms with Crippen molar-refractivity contribution >= 4 is 11.8 Å². The number of amides is 2. The molecule has 0 unspecified atom stereocenters. The normalized spacial score (nSPS) is 10.7. The van der Waals surface area contributed by atoms with Crippen LogP contribution in [0.4, 0.5) is 0 Å².